The SMILES string of the molecule is CCN(Cc1cccs1)C(=O)NCc1ccccc1CN1CCCCC1. The van der Waals surface area contributed by atoms with Gasteiger partial charge < -0.3 is 10.2 Å². The van der Waals surface area contributed by atoms with Gasteiger partial charge in [0.15, 0.2) is 0 Å². The van der Waals surface area contributed by atoms with Crippen LogP contribution < -0.4 is 5.32 Å². The third kappa shape index (κ3) is 5.32. The van der Waals surface area contributed by atoms with Crippen molar-refractivity contribution in [2.24, 2.45) is 0 Å². The zero-order valence-electron chi connectivity index (χ0n) is 15.6. The number of carbonyl (C=O) groups is 1. The number of nitrogens with one attached hydrogen (secondary N) is 1. The van der Waals surface area contributed by atoms with Gasteiger partial charge in [-0.25, -0.2) is 4.79 Å². The van der Waals surface area contributed by atoms with Crippen molar-refractivity contribution in [2.45, 2.75) is 45.8 Å². The van der Waals surface area contributed by atoms with Crippen molar-refractivity contribution in [3.8, 4) is 0 Å². The number of urea groups is 1. The maximum absolute atomic E-state index is 12.6. The molecule has 0 spiro atoms. The molecule has 5 heteroatoms. The lowest BCUT2D eigenvalue weighted by Gasteiger charge is -2.27. The molecule has 2 amide bonds. The van der Waals surface area contributed by atoms with Crippen LogP contribution in [0.3, 0.4) is 0 Å². The van der Waals surface area contributed by atoms with Crippen molar-refractivity contribution >= 4 is 17.4 Å². The third-order valence-corrected chi connectivity index (χ3v) is 5.85. The van der Waals surface area contributed by atoms with Crippen LogP contribution >= 0.6 is 11.3 Å². The summed E-state index contributed by atoms with van der Waals surface area (Å²) < 4.78 is 0. The van der Waals surface area contributed by atoms with E-state index in [1.165, 1.54) is 48.4 Å². The quantitative estimate of drug-likeness (QED) is 0.780. The minimum atomic E-state index is 0.00803. The summed E-state index contributed by atoms with van der Waals surface area (Å²) >= 11 is 1.69. The molecule has 0 atom stereocenters. The molecular formula is C21H29N3OS. The Morgan fingerprint density at radius 3 is 2.58 bits per heavy atom. The van der Waals surface area contributed by atoms with E-state index in [1.807, 2.05) is 17.9 Å². The average molecular weight is 372 g/mol. The molecule has 1 saturated heterocycles. The first kappa shape index (κ1) is 18.9. The number of benzene rings is 1. The van der Waals surface area contributed by atoms with E-state index in [0.29, 0.717) is 19.6 Å². The smallest absolute Gasteiger partial charge is 0.317 e. The van der Waals surface area contributed by atoms with Crippen molar-refractivity contribution in [3.63, 3.8) is 0 Å². The van der Waals surface area contributed by atoms with Gasteiger partial charge in [0.1, 0.15) is 0 Å². The number of piperidine rings is 1. The molecule has 0 aliphatic carbocycles. The summed E-state index contributed by atoms with van der Waals surface area (Å²) in [5.41, 5.74) is 2.55. The van der Waals surface area contributed by atoms with Gasteiger partial charge in [-0.2, -0.15) is 0 Å². The van der Waals surface area contributed by atoms with Crippen molar-refractivity contribution in [1.29, 1.82) is 0 Å². The summed E-state index contributed by atoms with van der Waals surface area (Å²) in [6, 6.07) is 12.6. The second-order valence-corrected chi connectivity index (χ2v) is 7.89. The van der Waals surface area contributed by atoms with E-state index in [4.69, 9.17) is 0 Å². The molecule has 26 heavy (non-hydrogen) atoms. The summed E-state index contributed by atoms with van der Waals surface area (Å²) in [7, 11) is 0. The minimum absolute atomic E-state index is 0.00803. The van der Waals surface area contributed by atoms with Crippen LogP contribution in [0.15, 0.2) is 41.8 Å². The highest BCUT2D eigenvalue weighted by atomic mass is 32.1. The van der Waals surface area contributed by atoms with E-state index in [9.17, 15) is 4.79 Å². The van der Waals surface area contributed by atoms with E-state index < -0.39 is 0 Å². The zero-order valence-corrected chi connectivity index (χ0v) is 16.4. The number of hydrogen-bond acceptors (Lipinski definition) is 3. The fourth-order valence-electron chi connectivity index (χ4n) is 3.44. The lowest BCUT2D eigenvalue weighted by Crippen LogP contribution is -2.39. The molecule has 1 fully saturated rings. The van der Waals surface area contributed by atoms with Crippen molar-refractivity contribution in [1.82, 2.24) is 15.1 Å². The Hall–Kier alpha value is -1.85. The molecule has 2 heterocycles. The summed E-state index contributed by atoms with van der Waals surface area (Å²) in [6.07, 6.45) is 3.95. The third-order valence-electron chi connectivity index (χ3n) is 4.99. The summed E-state index contributed by atoms with van der Waals surface area (Å²) in [5.74, 6) is 0. The molecule has 3 rings (SSSR count). The van der Waals surface area contributed by atoms with Crippen molar-refractivity contribution in [3.05, 3.63) is 57.8 Å². The Morgan fingerprint density at radius 1 is 1.12 bits per heavy atom. The number of likely N-dealkylation sites (tertiary alicyclic amines) is 1. The number of amides is 2. The second kappa shape index (κ2) is 9.74. The van der Waals surface area contributed by atoms with E-state index in [1.54, 1.807) is 11.3 Å². The normalized spacial score (nSPS) is 15.0. The van der Waals surface area contributed by atoms with Crippen LogP contribution in [0.2, 0.25) is 0 Å². The number of rotatable bonds is 7. The van der Waals surface area contributed by atoms with Crippen molar-refractivity contribution in [2.75, 3.05) is 19.6 Å². The molecular weight excluding hydrogens is 342 g/mol. The van der Waals surface area contributed by atoms with E-state index >= 15 is 0 Å². The highest BCUT2D eigenvalue weighted by Crippen LogP contribution is 2.16. The Bertz CT molecular complexity index is 680. The first-order valence-electron chi connectivity index (χ1n) is 9.60. The van der Waals surface area contributed by atoms with Gasteiger partial charge in [0, 0.05) is 24.5 Å². The molecule has 4 nitrogen and oxygen atoms in total. The number of hydrogen-bond donors (Lipinski definition) is 1. The first-order chi connectivity index (χ1) is 12.8. The molecule has 0 unspecified atom stereocenters. The highest BCUT2D eigenvalue weighted by Gasteiger charge is 2.15. The molecule has 2 aromatic rings. The maximum atomic E-state index is 12.6. The lowest BCUT2D eigenvalue weighted by atomic mass is 10.0. The van der Waals surface area contributed by atoms with Crippen LogP contribution in [0.4, 0.5) is 4.79 Å². The predicted molar refractivity (Wildman–Crippen MR) is 108 cm³/mol. The van der Waals surface area contributed by atoms with Crippen LogP contribution in [0.5, 0.6) is 0 Å². The first-order valence-corrected chi connectivity index (χ1v) is 10.5. The lowest BCUT2D eigenvalue weighted by molar-refractivity contribution is 0.198. The summed E-state index contributed by atoms with van der Waals surface area (Å²) in [4.78, 5) is 18.2. The van der Waals surface area contributed by atoms with E-state index in [-0.39, 0.29) is 6.03 Å². The van der Waals surface area contributed by atoms with Gasteiger partial charge in [-0.05, 0) is 55.4 Å². The topological polar surface area (TPSA) is 35.6 Å². The van der Waals surface area contributed by atoms with Gasteiger partial charge in [0.05, 0.1) is 6.54 Å². The molecule has 0 bridgehead atoms. The minimum Gasteiger partial charge on any atom is -0.334 e. The van der Waals surface area contributed by atoms with Gasteiger partial charge in [-0.3, -0.25) is 4.90 Å². The van der Waals surface area contributed by atoms with Gasteiger partial charge >= 0.3 is 6.03 Å². The van der Waals surface area contributed by atoms with E-state index in [2.05, 4.69) is 45.9 Å². The largest absolute Gasteiger partial charge is 0.334 e. The fourth-order valence-corrected chi connectivity index (χ4v) is 4.16. The molecule has 1 aliphatic rings. The maximum Gasteiger partial charge on any atom is 0.317 e. The monoisotopic (exact) mass is 371 g/mol. The van der Waals surface area contributed by atoms with Crippen LogP contribution in [0.1, 0.15) is 42.2 Å². The molecule has 1 aliphatic heterocycles. The number of thiophene rings is 1. The Labute approximate surface area is 160 Å². The number of nitrogens with zero attached hydrogens (tertiary/aromatic N) is 2. The molecule has 1 aromatic carbocycles. The molecule has 140 valence electrons. The predicted octanol–water partition coefficient (Wildman–Crippen LogP) is 4.47. The summed E-state index contributed by atoms with van der Waals surface area (Å²) in [5, 5.41) is 5.17. The van der Waals surface area contributed by atoms with Gasteiger partial charge in [-0.15, -0.1) is 11.3 Å². The van der Waals surface area contributed by atoms with Gasteiger partial charge in [-0.1, -0.05) is 36.8 Å². The zero-order chi connectivity index (χ0) is 18.2. The molecule has 1 aromatic heterocycles. The molecule has 0 radical (unpaired) electrons. The molecule has 0 saturated carbocycles. The van der Waals surface area contributed by atoms with Gasteiger partial charge in [0.2, 0.25) is 0 Å². The van der Waals surface area contributed by atoms with Crippen LogP contribution in [-0.2, 0) is 19.6 Å². The van der Waals surface area contributed by atoms with E-state index in [0.717, 1.165) is 6.54 Å². The second-order valence-electron chi connectivity index (χ2n) is 6.86. The highest BCUT2D eigenvalue weighted by molar-refractivity contribution is 7.09. The Morgan fingerprint density at radius 2 is 1.88 bits per heavy atom. The number of carbonyl (C=O) groups excluding carboxylic acids is 1. The van der Waals surface area contributed by atoms with Crippen molar-refractivity contribution < 1.29 is 4.79 Å². The summed E-state index contributed by atoms with van der Waals surface area (Å²) in [6.45, 7) is 7.35. The Kier molecular flexibility index (Phi) is 7.09. The fraction of sp³-hybridized carbons (Fsp3) is 0.476. The average Bonchev–Trinajstić information content (AvgIpc) is 3.19. The van der Waals surface area contributed by atoms with Gasteiger partial charge in [0.25, 0.3) is 0 Å². The van der Waals surface area contributed by atoms with Crippen LogP contribution in [0.25, 0.3) is 0 Å². The van der Waals surface area contributed by atoms with Crippen LogP contribution in [0, 0.1) is 0 Å². The standard InChI is InChI=1S/C21H29N3OS/c1-2-24(17-20-11-8-14-26-20)21(25)22-15-18-9-4-5-10-19(18)16-23-12-6-3-7-13-23/h4-5,8-11,14H,2-3,6-7,12-13,15-17H2,1H3,(H,22,25). The Balaban J connectivity index is 1.57. The van der Waals surface area contributed by atoms with Crippen LogP contribution in [-0.4, -0.2) is 35.5 Å². The molecule has 1 N–H and O–H groups in total.